The number of aromatic nitrogens is 3. The monoisotopic (exact) mass is 502 g/mol. The smallest absolute Gasteiger partial charge is 0.320 e. The number of benzene rings is 1. The normalized spacial score (nSPS) is 21.9. The summed E-state index contributed by atoms with van der Waals surface area (Å²) < 4.78 is 19.0. The lowest BCUT2D eigenvalue weighted by molar-refractivity contribution is -0.118. The molecule has 1 aromatic carbocycles. The number of likely N-dealkylation sites (N-methyl/N-ethyl adjacent to an activating group) is 1. The fraction of sp³-hybridized carbons (Fsp3) is 0.429. The number of carbonyl (C=O) groups excluding carboxylic acids is 1. The third-order valence-corrected chi connectivity index (χ3v) is 7.81. The largest absolute Gasteiger partial charge is 0.462 e. The molecular weight excluding hydrogens is 471 g/mol. The fourth-order valence-electron chi connectivity index (χ4n) is 5.71. The molecule has 192 valence electrons. The van der Waals surface area contributed by atoms with Gasteiger partial charge in [-0.2, -0.15) is 9.97 Å². The Morgan fingerprint density at radius 3 is 2.92 bits per heavy atom. The third kappa shape index (κ3) is 4.75. The average molecular weight is 503 g/mol. The Morgan fingerprint density at radius 2 is 2.11 bits per heavy atom. The number of ether oxygens (including phenoxy) is 1. The Hall–Kier alpha value is -3.59. The number of likely N-dealkylation sites (tertiary alicyclic amines) is 1. The van der Waals surface area contributed by atoms with Crippen molar-refractivity contribution in [3.05, 3.63) is 53.9 Å². The highest BCUT2D eigenvalue weighted by atomic mass is 19.1. The molecule has 9 heteroatoms. The number of nitrogens with zero attached hydrogens (tertiary/aromatic N) is 4. The topological polar surface area (TPSA) is 92.3 Å². The van der Waals surface area contributed by atoms with Crippen molar-refractivity contribution < 1.29 is 13.9 Å². The average Bonchev–Trinajstić information content (AvgIpc) is 3.37. The maximum Gasteiger partial charge on any atom is 0.320 e. The van der Waals surface area contributed by atoms with E-state index in [0.717, 1.165) is 42.8 Å². The summed E-state index contributed by atoms with van der Waals surface area (Å²) in [6, 6.07) is 11.1. The van der Waals surface area contributed by atoms with Crippen molar-refractivity contribution in [3.63, 3.8) is 0 Å². The van der Waals surface area contributed by atoms with Crippen LogP contribution in [0.3, 0.4) is 0 Å². The molecule has 1 aliphatic heterocycles. The summed E-state index contributed by atoms with van der Waals surface area (Å²) in [7, 11) is 2.10. The number of hydrogen-bond acceptors (Lipinski definition) is 7. The lowest BCUT2D eigenvalue weighted by atomic mass is 9.97. The van der Waals surface area contributed by atoms with E-state index in [0.29, 0.717) is 36.6 Å². The Kier molecular flexibility index (Phi) is 6.24. The number of fused-ring (bicyclic) bond motifs is 4. The first-order valence-corrected chi connectivity index (χ1v) is 13.0. The standard InChI is InChI=1S/C28H31FN6O2/c1-16(29)27(36)31-11-10-30-25-21-8-9-23(20-7-3-5-17-13-18-14-22(18)24(17)20)32-26(21)34-28(33-25)37-15-19-6-4-12-35(19)2/h3,5,7-9,18-19,22H,1,4,6,10-15H2,2H3,(H,31,36)(H,30,32,33,34)/t18?,19-,22?/m0/s1. The molecule has 0 spiro atoms. The fourth-order valence-corrected chi connectivity index (χ4v) is 5.71. The van der Waals surface area contributed by atoms with Gasteiger partial charge in [-0.15, -0.1) is 0 Å². The highest BCUT2D eigenvalue weighted by Gasteiger charge is 2.46. The van der Waals surface area contributed by atoms with Gasteiger partial charge in [0.25, 0.3) is 5.91 Å². The molecule has 1 saturated heterocycles. The minimum absolute atomic E-state index is 0.209. The summed E-state index contributed by atoms with van der Waals surface area (Å²) >= 11 is 0. The summed E-state index contributed by atoms with van der Waals surface area (Å²) in [6.45, 7) is 5.13. The highest BCUT2D eigenvalue weighted by Crippen LogP contribution is 2.58. The van der Waals surface area contributed by atoms with Gasteiger partial charge in [0, 0.05) is 24.7 Å². The molecule has 3 aromatic rings. The number of amides is 1. The molecule has 2 aromatic heterocycles. The van der Waals surface area contributed by atoms with E-state index >= 15 is 0 Å². The quantitative estimate of drug-likeness (QED) is 0.339. The molecule has 3 atom stereocenters. The maximum atomic E-state index is 13.0. The second-order valence-corrected chi connectivity index (χ2v) is 10.3. The van der Waals surface area contributed by atoms with Crippen LogP contribution in [0.4, 0.5) is 10.2 Å². The van der Waals surface area contributed by atoms with E-state index in [9.17, 15) is 9.18 Å². The van der Waals surface area contributed by atoms with E-state index in [1.54, 1.807) is 0 Å². The molecule has 0 radical (unpaired) electrons. The van der Waals surface area contributed by atoms with Gasteiger partial charge >= 0.3 is 6.01 Å². The lowest BCUT2D eigenvalue weighted by Gasteiger charge is -2.19. The van der Waals surface area contributed by atoms with Crippen molar-refractivity contribution >= 4 is 22.8 Å². The molecule has 2 fully saturated rings. The number of rotatable bonds is 9. The molecule has 3 aliphatic rings. The van der Waals surface area contributed by atoms with Crippen LogP contribution in [0.15, 0.2) is 42.7 Å². The van der Waals surface area contributed by atoms with E-state index in [1.165, 1.54) is 23.1 Å². The molecule has 3 heterocycles. The highest BCUT2D eigenvalue weighted by molar-refractivity contribution is 5.91. The van der Waals surface area contributed by atoms with E-state index in [1.807, 2.05) is 12.1 Å². The number of carbonyl (C=O) groups is 1. The summed E-state index contributed by atoms with van der Waals surface area (Å²) in [4.78, 5) is 28.0. The second-order valence-electron chi connectivity index (χ2n) is 10.3. The van der Waals surface area contributed by atoms with Crippen LogP contribution in [0.25, 0.3) is 22.3 Å². The van der Waals surface area contributed by atoms with Gasteiger partial charge in [0.05, 0.1) is 11.1 Å². The molecule has 8 nitrogen and oxygen atoms in total. The van der Waals surface area contributed by atoms with E-state index < -0.39 is 11.7 Å². The van der Waals surface area contributed by atoms with Crippen molar-refractivity contribution in [1.29, 1.82) is 0 Å². The van der Waals surface area contributed by atoms with Crippen LogP contribution in [0.2, 0.25) is 0 Å². The number of anilines is 1. The SMILES string of the molecule is C=C(F)C(=O)NCCNc1nc(OC[C@@H]2CCCN2C)nc2nc(-c3cccc4c3C3CC3C4)ccc12. The van der Waals surface area contributed by atoms with Gasteiger partial charge in [-0.25, -0.2) is 9.37 Å². The summed E-state index contributed by atoms with van der Waals surface area (Å²) in [5.74, 6) is 0.177. The zero-order chi connectivity index (χ0) is 25.5. The molecule has 1 amide bonds. The predicted octanol–water partition coefficient (Wildman–Crippen LogP) is 3.84. The molecular formula is C28H31FN6O2. The number of halogens is 1. The Morgan fingerprint density at radius 1 is 1.22 bits per heavy atom. The summed E-state index contributed by atoms with van der Waals surface area (Å²) in [5.41, 5.74) is 5.51. The van der Waals surface area contributed by atoms with E-state index in [4.69, 9.17) is 9.72 Å². The first-order valence-electron chi connectivity index (χ1n) is 13.0. The van der Waals surface area contributed by atoms with Gasteiger partial charge in [-0.05, 0) is 74.4 Å². The van der Waals surface area contributed by atoms with Gasteiger partial charge < -0.3 is 20.3 Å². The maximum absolute atomic E-state index is 13.0. The van der Waals surface area contributed by atoms with Crippen molar-refractivity contribution in [1.82, 2.24) is 25.2 Å². The third-order valence-electron chi connectivity index (χ3n) is 7.81. The minimum atomic E-state index is -1.01. The van der Waals surface area contributed by atoms with Crippen LogP contribution in [0.5, 0.6) is 6.01 Å². The Labute approximate surface area is 215 Å². The molecule has 6 rings (SSSR count). The van der Waals surface area contributed by atoms with Gasteiger partial charge in [-0.1, -0.05) is 24.8 Å². The second kappa shape index (κ2) is 9.70. The Balaban J connectivity index is 1.29. The van der Waals surface area contributed by atoms with Gasteiger partial charge in [-0.3, -0.25) is 4.79 Å². The van der Waals surface area contributed by atoms with Crippen LogP contribution >= 0.6 is 0 Å². The molecule has 2 aliphatic carbocycles. The van der Waals surface area contributed by atoms with Crippen LogP contribution < -0.4 is 15.4 Å². The van der Waals surface area contributed by atoms with E-state index in [2.05, 4.69) is 57.3 Å². The van der Waals surface area contributed by atoms with Gasteiger partial charge in [0.1, 0.15) is 12.4 Å². The van der Waals surface area contributed by atoms with Gasteiger partial charge in [0.2, 0.25) is 0 Å². The zero-order valence-electron chi connectivity index (χ0n) is 21.0. The van der Waals surface area contributed by atoms with Crippen LogP contribution in [0.1, 0.15) is 36.3 Å². The predicted molar refractivity (Wildman–Crippen MR) is 140 cm³/mol. The van der Waals surface area contributed by atoms with E-state index in [-0.39, 0.29) is 12.6 Å². The minimum Gasteiger partial charge on any atom is -0.462 e. The molecule has 0 bridgehead atoms. The number of hydrogen-bond donors (Lipinski definition) is 2. The van der Waals surface area contributed by atoms with Crippen molar-refractivity contribution in [2.24, 2.45) is 5.92 Å². The van der Waals surface area contributed by atoms with Crippen molar-refractivity contribution in [2.45, 2.75) is 37.6 Å². The van der Waals surface area contributed by atoms with Crippen LogP contribution in [0, 0.1) is 5.92 Å². The van der Waals surface area contributed by atoms with Crippen molar-refractivity contribution in [2.75, 3.05) is 38.6 Å². The molecule has 37 heavy (non-hydrogen) atoms. The first-order chi connectivity index (χ1) is 18.0. The van der Waals surface area contributed by atoms with Gasteiger partial charge in [0.15, 0.2) is 11.5 Å². The first kappa shape index (κ1) is 23.8. The zero-order valence-corrected chi connectivity index (χ0v) is 21.0. The molecule has 1 saturated carbocycles. The Bertz CT molecular complexity index is 1380. The summed E-state index contributed by atoms with van der Waals surface area (Å²) in [6.07, 6.45) is 4.67. The summed E-state index contributed by atoms with van der Waals surface area (Å²) in [5, 5.41) is 6.45. The van der Waals surface area contributed by atoms with Crippen molar-refractivity contribution in [3.8, 4) is 17.3 Å². The van der Waals surface area contributed by atoms with Crippen LogP contribution in [-0.4, -0.2) is 65.1 Å². The lowest BCUT2D eigenvalue weighted by Crippen LogP contribution is -2.31. The molecule has 2 unspecified atom stereocenters. The molecule has 2 N–H and O–H groups in total. The number of nitrogens with one attached hydrogen (secondary N) is 2. The number of pyridine rings is 1. The van der Waals surface area contributed by atoms with Crippen LogP contribution in [-0.2, 0) is 11.2 Å².